The molecule has 0 bridgehead atoms. The van der Waals surface area contributed by atoms with Crippen LogP contribution in [0.3, 0.4) is 0 Å². The molecule has 3 rings (SSSR count). The molecule has 7 heteroatoms. The second-order valence-corrected chi connectivity index (χ2v) is 5.55. The molecule has 0 spiro atoms. The molecule has 3 aromatic rings. The highest BCUT2D eigenvalue weighted by atomic mass is 35.5. The Kier molecular flexibility index (Phi) is 3.54. The molecule has 0 radical (unpaired) electrons. The number of nitrogens with zero attached hydrogens (tertiary/aromatic N) is 5. The van der Waals surface area contributed by atoms with Crippen molar-refractivity contribution >= 4 is 45.5 Å². The summed E-state index contributed by atoms with van der Waals surface area (Å²) in [7, 11) is 3.78. The van der Waals surface area contributed by atoms with Crippen molar-refractivity contribution in [1.29, 1.82) is 0 Å². The van der Waals surface area contributed by atoms with E-state index in [0.29, 0.717) is 16.9 Å². The van der Waals surface area contributed by atoms with E-state index in [9.17, 15) is 4.79 Å². The molecular formula is C15H14ClN5O. The van der Waals surface area contributed by atoms with Crippen molar-refractivity contribution in [3.8, 4) is 0 Å². The Morgan fingerprint density at radius 1 is 1.41 bits per heavy atom. The molecule has 0 aliphatic carbocycles. The van der Waals surface area contributed by atoms with Crippen LogP contribution >= 0.6 is 11.6 Å². The summed E-state index contributed by atoms with van der Waals surface area (Å²) in [5.41, 5.74) is 3.60. The molecule has 112 valence electrons. The summed E-state index contributed by atoms with van der Waals surface area (Å²) < 4.78 is 1.74. The summed E-state index contributed by atoms with van der Waals surface area (Å²) in [6.07, 6.45) is 3.44. The van der Waals surface area contributed by atoms with Crippen LogP contribution < -0.4 is 0 Å². The summed E-state index contributed by atoms with van der Waals surface area (Å²) in [4.78, 5) is 22.2. The Labute approximate surface area is 132 Å². The maximum atomic E-state index is 11.4. The number of aromatic nitrogens is 3. The lowest BCUT2D eigenvalue weighted by Gasteiger charge is -2.07. The molecule has 0 saturated carbocycles. The fourth-order valence-corrected chi connectivity index (χ4v) is 2.34. The number of carbonyl (C=O) groups is 1. The average Bonchev–Trinajstić information content (AvgIpc) is 2.87. The molecule has 1 aromatic carbocycles. The van der Waals surface area contributed by atoms with Crippen molar-refractivity contribution in [2.45, 2.75) is 6.92 Å². The Balaban J connectivity index is 2.35. The van der Waals surface area contributed by atoms with E-state index in [4.69, 9.17) is 11.6 Å². The van der Waals surface area contributed by atoms with Gasteiger partial charge in [-0.3, -0.25) is 4.79 Å². The zero-order valence-electron chi connectivity index (χ0n) is 12.4. The number of hydrogen-bond donors (Lipinski definition) is 0. The smallest absolute Gasteiger partial charge is 0.252 e. The summed E-state index contributed by atoms with van der Waals surface area (Å²) in [6.45, 7) is 1.95. The number of aryl methyl sites for hydroxylation is 1. The van der Waals surface area contributed by atoms with E-state index in [0.717, 1.165) is 16.6 Å². The number of carbonyl (C=O) groups excluding carboxylic acids is 1. The highest BCUT2D eigenvalue weighted by molar-refractivity contribution is 6.67. The van der Waals surface area contributed by atoms with Gasteiger partial charge in [0.25, 0.3) is 5.24 Å². The zero-order valence-corrected chi connectivity index (χ0v) is 13.2. The van der Waals surface area contributed by atoms with E-state index in [2.05, 4.69) is 15.1 Å². The molecule has 0 aliphatic rings. The first-order valence-corrected chi connectivity index (χ1v) is 7.03. The second-order valence-electron chi connectivity index (χ2n) is 5.21. The summed E-state index contributed by atoms with van der Waals surface area (Å²) in [5, 5.41) is 3.86. The Hall–Kier alpha value is -2.47. The van der Waals surface area contributed by atoms with Crippen molar-refractivity contribution < 1.29 is 4.79 Å². The van der Waals surface area contributed by atoms with Gasteiger partial charge in [0.05, 0.1) is 23.6 Å². The lowest BCUT2D eigenvalue weighted by molar-refractivity contribution is 0.108. The third-order valence-electron chi connectivity index (χ3n) is 3.23. The van der Waals surface area contributed by atoms with Crippen LogP contribution in [0.1, 0.15) is 15.9 Å². The van der Waals surface area contributed by atoms with Crippen molar-refractivity contribution in [2.75, 3.05) is 14.1 Å². The van der Waals surface area contributed by atoms with E-state index < -0.39 is 5.24 Å². The van der Waals surface area contributed by atoms with E-state index in [1.54, 1.807) is 35.2 Å². The minimum atomic E-state index is -0.506. The second kappa shape index (κ2) is 5.38. The van der Waals surface area contributed by atoms with E-state index in [-0.39, 0.29) is 0 Å². The predicted octanol–water partition coefficient (Wildman–Crippen LogP) is 2.79. The Bertz CT molecular complexity index is 913. The van der Waals surface area contributed by atoms with Gasteiger partial charge in [-0.25, -0.2) is 14.5 Å². The van der Waals surface area contributed by atoms with Gasteiger partial charge in [-0.15, -0.1) is 0 Å². The lowest BCUT2D eigenvalue weighted by Crippen LogP contribution is -2.07. The minimum absolute atomic E-state index is 0.412. The monoisotopic (exact) mass is 315 g/mol. The van der Waals surface area contributed by atoms with Gasteiger partial charge in [0.2, 0.25) is 0 Å². The molecule has 0 saturated heterocycles. The van der Waals surface area contributed by atoms with Crippen molar-refractivity contribution in [1.82, 2.24) is 19.5 Å². The van der Waals surface area contributed by atoms with Gasteiger partial charge in [-0.2, -0.15) is 5.10 Å². The van der Waals surface area contributed by atoms with Crippen LogP contribution in [-0.2, 0) is 0 Å². The van der Waals surface area contributed by atoms with Crippen LogP contribution in [0.25, 0.3) is 16.6 Å². The molecule has 0 fully saturated rings. The maximum Gasteiger partial charge on any atom is 0.252 e. The molecule has 0 amide bonds. The highest BCUT2D eigenvalue weighted by Gasteiger charge is 2.13. The molecule has 2 heterocycles. The van der Waals surface area contributed by atoms with E-state index in [1.807, 2.05) is 25.9 Å². The fraction of sp³-hybridized carbons (Fsp3) is 0.200. The molecule has 0 N–H and O–H groups in total. The summed E-state index contributed by atoms with van der Waals surface area (Å²) >= 11 is 5.56. The van der Waals surface area contributed by atoms with Gasteiger partial charge >= 0.3 is 0 Å². The third kappa shape index (κ3) is 2.42. The molecule has 6 nitrogen and oxygen atoms in total. The van der Waals surface area contributed by atoms with Gasteiger partial charge in [0.15, 0.2) is 5.82 Å². The van der Waals surface area contributed by atoms with Gasteiger partial charge < -0.3 is 4.90 Å². The summed E-state index contributed by atoms with van der Waals surface area (Å²) in [6, 6.07) is 5.08. The largest absolute Gasteiger partial charge is 0.369 e. The molecule has 0 unspecified atom stereocenters. The quantitative estimate of drug-likeness (QED) is 0.423. The van der Waals surface area contributed by atoms with E-state index in [1.165, 1.54) is 0 Å². The number of halogens is 1. The Morgan fingerprint density at radius 3 is 2.86 bits per heavy atom. The van der Waals surface area contributed by atoms with Gasteiger partial charge in [0, 0.05) is 19.7 Å². The normalized spacial score (nSPS) is 11.6. The van der Waals surface area contributed by atoms with Crippen molar-refractivity contribution in [3.05, 3.63) is 35.5 Å². The van der Waals surface area contributed by atoms with Gasteiger partial charge in [-0.05, 0) is 42.3 Å². The topological polar surface area (TPSA) is 62.9 Å². The fourth-order valence-electron chi connectivity index (χ4n) is 2.22. The van der Waals surface area contributed by atoms with Crippen LogP contribution in [0.5, 0.6) is 0 Å². The average molecular weight is 316 g/mol. The first kappa shape index (κ1) is 14.5. The number of aliphatic imine (C=N–C) groups is 1. The van der Waals surface area contributed by atoms with Crippen LogP contribution in [0.2, 0.25) is 0 Å². The van der Waals surface area contributed by atoms with Crippen LogP contribution in [-0.4, -0.2) is 45.2 Å². The van der Waals surface area contributed by atoms with E-state index >= 15 is 0 Å². The number of hydrogen-bond acceptors (Lipinski definition) is 4. The molecule has 22 heavy (non-hydrogen) atoms. The van der Waals surface area contributed by atoms with Crippen molar-refractivity contribution in [3.63, 3.8) is 0 Å². The molecule has 0 aliphatic heterocycles. The lowest BCUT2D eigenvalue weighted by atomic mass is 10.2. The maximum absolute atomic E-state index is 11.4. The molecular weight excluding hydrogens is 302 g/mol. The predicted molar refractivity (Wildman–Crippen MR) is 87.3 cm³/mol. The number of rotatable bonds is 3. The van der Waals surface area contributed by atoms with Crippen LogP contribution in [0, 0.1) is 6.92 Å². The standard InChI is InChI=1S/C15H14ClN5O/c1-9-7-18-21-12-6-10(14(16)22)4-5-11(12)19-15(13(9)21)17-8-20(2)3/h4-8H,1-3H3. The Morgan fingerprint density at radius 2 is 2.18 bits per heavy atom. The first-order valence-electron chi connectivity index (χ1n) is 6.66. The van der Waals surface area contributed by atoms with Gasteiger partial charge in [-0.1, -0.05) is 0 Å². The number of fused-ring (bicyclic) bond motifs is 3. The van der Waals surface area contributed by atoms with Gasteiger partial charge in [0.1, 0.15) is 5.52 Å². The SMILES string of the molecule is Cc1cnn2c1c(N=CN(C)C)nc1ccc(C(=O)Cl)cc12. The molecule has 2 aromatic heterocycles. The summed E-state index contributed by atoms with van der Waals surface area (Å²) in [5.74, 6) is 0.584. The zero-order chi connectivity index (χ0) is 15.9. The van der Waals surface area contributed by atoms with Crippen LogP contribution in [0.4, 0.5) is 5.82 Å². The van der Waals surface area contributed by atoms with Crippen LogP contribution in [0.15, 0.2) is 29.4 Å². The third-order valence-corrected chi connectivity index (χ3v) is 3.45. The number of benzene rings is 1. The molecule has 0 atom stereocenters. The van der Waals surface area contributed by atoms with Crippen molar-refractivity contribution in [2.24, 2.45) is 4.99 Å². The minimum Gasteiger partial charge on any atom is -0.369 e. The highest BCUT2D eigenvalue weighted by Crippen LogP contribution is 2.26. The first-order chi connectivity index (χ1) is 10.5.